The molecular weight excluding hydrogens is 823 g/mol. The molecule has 0 aliphatic rings. The van der Waals surface area contributed by atoms with Gasteiger partial charge in [0.2, 0.25) is 0 Å². The number of thiol groups is 2. The third-order valence-corrected chi connectivity index (χ3v) is 9.36. The minimum atomic E-state index is -0.0725. The molecule has 0 spiro atoms. The zero-order valence-electron chi connectivity index (χ0n) is 37.8. The molecule has 0 bridgehead atoms. The monoisotopic (exact) mass is 921 g/mol. The Morgan fingerprint density at radius 2 is 0.600 bits per heavy atom. The first-order valence-electron chi connectivity index (χ1n) is 23.3. The SMILES string of the molecule is CCCC.CCCC.CCCCCCCC/C=C/CCCCCCCC(=O)OCCS.CCCCCCCC/C=C/CCCCCCCC(=O)OCCS.[Sn]. The summed E-state index contributed by atoms with van der Waals surface area (Å²) in [5.74, 6) is 1.07. The van der Waals surface area contributed by atoms with E-state index in [9.17, 15) is 9.59 Å². The maximum absolute atomic E-state index is 11.3. The molecule has 0 saturated carbocycles. The minimum Gasteiger partial charge on any atom is -0.465 e. The van der Waals surface area contributed by atoms with Crippen molar-refractivity contribution in [3.63, 3.8) is 0 Å². The van der Waals surface area contributed by atoms with Crippen LogP contribution in [0.5, 0.6) is 0 Å². The molecule has 0 unspecified atom stereocenters. The smallest absolute Gasteiger partial charge is 0.305 e. The van der Waals surface area contributed by atoms with Gasteiger partial charge in [-0.1, -0.05) is 194 Å². The first-order chi connectivity index (χ1) is 26.4. The molecule has 55 heavy (non-hydrogen) atoms. The summed E-state index contributed by atoms with van der Waals surface area (Å²) in [6.45, 7) is 14.1. The van der Waals surface area contributed by atoms with Gasteiger partial charge in [0.05, 0.1) is 0 Å². The van der Waals surface area contributed by atoms with Gasteiger partial charge in [0.1, 0.15) is 13.2 Å². The fourth-order valence-electron chi connectivity index (χ4n) is 5.14. The number of carbonyl (C=O) groups is 2. The van der Waals surface area contributed by atoms with Crippen molar-refractivity contribution >= 4 is 61.1 Å². The van der Waals surface area contributed by atoms with E-state index >= 15 is 0 Å². The van der Waals surface area contributed by atoms with Crippen molar-refractivity contribution in [1.82, 2.24) is 0 Å². The molecule has 0 saturated heterocycles. The molecule has 0 rings (SSSR count). The summed E-state index contributed by atoms with van der Waals surface area (Å²) in [7, 11) is 0. The van der Waals surface area contributed by atoms with E-state index in [1.165, 1.54) is 167 Å². The summed E-state index contributed by atoms with van der Waals surface area (Å²) in [4.78, 5) is 22.5. The summed E-state index contributed by atoms with van der Waals surface area (Å²) in [5.41, 5.74) is 0. The van der Waals surface area contributed by atoms with Gasteiger partial charge in [0, 0.05) is 48.3 Å². The summed E-state index contributed by atoms with van der Waals surface area (Å²) in [6.07, 6.45) is 49.0. The topological polar surface area (TPSA) is 52.6 Å². The van der Waals surface area contributed by atoms with Gasteiger partial charge in [-0.2, -0.15) is 25.3 Å². The van der Waals surface area contributed by atoms with Gasteiger partial charge in [-0.25, -0.2) is 0 Å². The van der Waals surface area contributed by atoms with Crippen LogP contribution in [0.1, 0.15) is 247 Å². The van der Waals surface area contributed by atoms with Gasteiger partial charge >= 0.3 is 11.9 Å². The third-order valence-electron chi connectivity index (χ3n) is 8.99. The van der Waals surface area contributed by atoms with Crippen LogP contribution >= 0.6 is 25.3 Å². The van der Waals surface area contributed by atoms with Crippen LogP contribution in [0.4, 0.5) is 0 Å². The molecular formula is C48H96O4S2Sn. The standard InChI is InChI=1S/2C20H38O2S.2C4H10.Sn/c2*1-2-3-4-5-6-7-8-9-10-11-12-13-14-15-16-17-20(21)22-18-19-23;2*1-3-4-2;/h2*9-10,23H,2-8,11-19H2,1H3;2*3-4H2,1-2H3;/b2*10-9+;;;. The minimum absolute atomic E-state index is 0. The van der Waals surface area contributed by atoms with Crippen LogP contribution in [-0.4, -0.2) is 60.6 Å². The van der Waals surface area contributed by atoms with E-state index in [0.29, 0.717) is 37.6 Å². The first kappa shape index (κ1) is 64.1. The number of unbranched alkanes of at least 4 members (excludes halogenated alkanes) is 24. The van der Waals surface area contributed by atoms with Crippen molar-refractivity contribution in [2.75, 3.05) is 24.7 Å². The summed E-state index contributed by atoms with van der Waals surface area (Å²) >= 11 is 8.03. The summed E-state index contributed by atoms with van der Waals surface area (Å²) < 4.78 is 9.97. The fraction of sp³-hybridized carbons (Fsp3) is 0.875. The van der Waals surface area contributed by atoms with E-state index in [2.05, 4.69) is 91.1 Å². The van der Waals surface area contributed by atoms with Crippen molar-refractivity contribution in [3.8, 4) is 0 Å². The number of allylic oxidation sites excluding steroid dienone is 4. The van der Waals surface area contributed by atoms with Crippen molar-refractivity contribution < 1.29 is 19.1 Å². The summed E-state index contributed by atoms with van der Waals surface area (Å²) in [6, 6.07) is 0. The molecule has 0 aliphatic carbocycles. The molecule has 0 aromatic heterocycles. The van der Waals surface area contributed by atoms with Gasteiger partial charge < -0.3 is 9.47 Å². The zero-order valence-corrected chi connectivity index (χ0v) is 42.4. The van der Waals surface area contributed by atoms with E-state index in [1.54, 1.807) is 0 Å². The van der Waals surface area contributed by atoms with Gasteiger partial charge in [0.25, 0.3) is 0 Å². The van der Waals surface area contributed by atoms with E-state index in [0.717, 1.165) is 25.7 Å². The number of esters is 2. The Bertz CT molecular complexity index is 669. The Morgan fingerprint density at radius 1 is 0.364 bits per heavy atom. The van der Waals surface area contributed by atoms with E-state index in [4.69, 9.17) is 9.47 Å². The summed E-state index contributed by atoms with van der Waals surface area (Å²) in [5, 5.41) is 0. The van der Waals surface area contributed by atoms with Crippen LogP contribution in [0.2, 0.25) is 0 Å². The largest absolute Gasteiger partial charge is 0.465 e. The predicted octanol–water partition coefficient (Wildman–Crippen LogP) is 16.2. The van der Waals surface area contributed by atoms with E-state index in [1.807, 2.05) is 0 Å². The Labute approximate surface area is 373 Å². The molecule has 0 amide bonds. The molecule has 0 fully saturated rings. The molecule has 0 aromatic carbocycles. The Morgan fingerprint density at radius 3 is 0.836 bits per heavy atom. The second kappa shape index (κ2) is 65.8. The number of hydrogen-bond donors (Lipinski definition) is 2. The molecule has 4 nitrogen and oxygen atoms in total. The number of ether oxygens (including phenoxy) is 2. The Kier molecular flexibility index (Phi) is 76.6. The van der Waals surface area contributed by atoms with Gasteiger partial charge in [0.15, 0.2) is 0 Å². The predicted molar refractivity (Wildman–Crippen MR) is 255 cm³/mol. The molecule has 0 aromatic rings. The molecule has 328 valence electrons. The van der Waals surface area contributed by atoms with E-state index in [-0.39, 0.29) is 35.8 Å². The maximum Gasteiger partial charge on any atom is 0.305 e. The second-order valence-electron chi connectivity index (χ2n) is 14.6. The fourth-order valence-corrected chi connectivity index (χ4v) is 5.33. The number of hydrogen-bond acceptors (Lipinski definition) is 6. The van der Waals surface area contributed by atoms with Crippen LogP contribution in [0, 0.1) is 0 Å². The molecule has 7 heteroatoms. The maximum atomic E-state index is 11.3. The van der Waals surface area contributed by atoms with Gasteiger partial charge in [-0.05, 0) is 64.2 Å². The molecule has 0 aliphatic heterocycles. The van der Waals surface area contributed by atoms with Gasteiger partial charge in [-0.15, -0.1) is 0 Å². The second-order valence-corrected chi connectivity index (χ2v) is 15.5. The van der Waals surface area contributed by atoms with Crippen molar-refractivity contribution in [2.45, 2.75) is 247 Å². The molecule has 4 radical (unpaired) electrons. The number of carbonyl (C=O) groups excluding carboxylic acids is 2. The number of rotatable bonds is 36. The molecule has 0 atom stereocenters. The van der Waals surface area contributed by atoms with E-state index < -0.39 is 0 Å². The van der Waals surface area contributed by atoms with Crippen LogP contribution in [0.3, 0.4) is 0 Å². The van der Waals surface area contributed by atoms with Crippen molar-refractivity contribution in [2.24, 2.45) is 0 Å². The average Bonchev–Trinajstić information content (AvgIpc) is 3.19. The Balaban J connectivity index is -0.000000249. The van der Waals surface area contributed by atoms with Crippen molar-refractivity contribution in [3.05, 3.63) is 24.3 Å². The normalized spacial score (nSPS) is 10.5. The quantitative estimate of drug-likeness (QED) is 0.0216. The van der Waals surface area contributed by atoms with Crippen LogP contribution < -0.4 is 0 Å². The Hall–Kier alpha value is -0.0813. The zero-order chi connectivity index (χ0) is 40.9. The first-order valence-corrected chi connectivity index (χ1v) is 24.5. The molecule has 0 N–H and O–H groups in total. The molecule has 0 heterocycles. The van der Waals surface area contributed by atoms with Gasteiger partial charge in [-0.3, -0.25) is 9.59 Å². The third kappa shape index (κ3) is 75.4. The average molecular weight is 920 g/mol. The van der Waals surface area contributed by atoms with Crippen LogP contribution in [0.25, 0.3) is 0 Å². The van der Waals surface area contributed by atoms with Crippen LogP contribution in [-0.2, 0) is 19.1 Å². The van der Waals surface area contributed by atoms with Crippen LogP contribution in [0.15, 0.2) is 24.3 Å². The van der Waals surface area contributed by atoms with Crippen molar-refractivity contribution in [1.29, 1.82) is 0 Å².